The fraction of sp³-hybridized carbons (Fsp3) is 0.730. The minimum absolute atomic E-state index is 0. The molecule has 1 aromatic heterocycles. The van der Waals surface area contributed by atoms with Gasteiger partial charge in [0.1, 0.15) is 17.4 Å². The molecule has 8 rings (SSSR count). The number of Topliss-reactive ketones (excluding diaryl/α,β-unsaturated/α-hetero) is 1. The first-order valence-electron chi connectivity index (χ1n) is 18.1. The van der Waals surface area contributed by atoms with Crippen LogP contribution in [0.3, 0.4) is 0 Å². The third kappa shape index (κ3) is 6.14. The predicted octanol–water partition coefficient (Wildman–Crippen LogP) is 6.14. The number of fused-ring (bicyclic) bond motifs is 5. The molecule has 8 nitrogen and oxygen atoms in total. The highest BCUT2D eigenvalue weighted by Gasteiger charge is 2.59. The van der Waals surface area contributed by atoms with E-state index in [1.807, 2.05) is 12.2 Å². The summed E-state index contributed by atoms with van der Waals surface area (Å²) in [5.41, 5.74) is 1.49. The van der Waals surface area contributed by atoms with Crippen LogP contribution in [0.25, 0.3) is 0 Å². The normalized spacial score (nSPS) is 35.1. The van der Waals surface area contributed by atoms with Crippen LogP contribution in [-0.4, -0.2) is 85.3 Å². The smallest absolute Gasteiger partial charge is 0.229 e. The van der Waals surface area contributed by atoms with Crippen LogP contribution >= 0.6 is 24.8 Å². The van der Waals surface area contributed by atoms with Crippen LogP contribution in [-0.2, 0) is 9.59 Å². The molecular formula is C37H54Cl2N6O2. The van der Waals surface area contributed by atoms with Gasteiger partial charge in [0, 0.05) is 69.8 Å². The minimum Gasteiger partial charge on any atom is -0.356 e. The molecule has 3 saturated carbocycles. The number of carbonyl (C=O) groups is 2. The van der Waals surface area contributed by atoms with Crippen molar-refractivity contribution < 1.29 is 9.59 Å². The number of hydrogen-bond acceptors (Lipinski definition) is 8. The molecule has 0 unspecified atom stereocenters. The van der Waals surface area contributed by atoms with E-state index in [-0.39, 0.29) is 47.3 Å². The Morgan fingerprint density at radius 2 is 1.45 bits per heavy atom. The zero-order valence-electron chi connectivity index (χ0n) is 28.4. The van der Waals surface area contributed by atoms with Crippen LogP contribution in [0.1, 0.15) is 78.1 Å². The Morgan fingerprint density at radius 1 is 0.809 bits per heavy atom. The summed E-state index contributed by atoms with van der Waals surface area (Å²) in [7, 11) is 0. The lowest BCUT2D eigenvalue weighted by molar-refractivity contribution is -0.130. The van der Waals surface area contributed by atoms with Crippen molar-refractivity contribution in [1.29, 1.82) is 0 Å². The summed E-state index contributed by atoms with van der Waals surface area (Å²) in [6.45, 7) is 13.3. The largest absolute Gasteiger partial charge is 0.356 e. The topological polar surface area (TPSA) is 72.9 Å². The number of anilines is 3. The highest BCUT2D eigenvalue weighted by Crippen LogP contribution is 2.66. The molecule has 1 aromatic rings. The maximum absolute atomic E-state index is 14.1. The van der Waals surface area contributed by atoms with Crippen LogP contribution in [0.15, 0.2) is 29.9 Å². The van der Waals surface area contributed by atoms with Gasteiger partial charge in [-0.1, -0.05) is 25.5 Å². The van der Waals surface area contributed by atoms with Gasteiger partial charge in [0.2, 0.25) is 5.95 Å². The average molecular weight is 686 g/mol. The summed E-state index contributed by atoms with van der Waals surface area (Å²) < 4.78 is 0. The standard InChI is InChI=1S/C37H52N6O2.2ClH/c1-36-13-11-27(44)23-26(36)7-8-28-29-9-10-31(37(29,2)14-12-30(28)36)32(45)25-40-19-21-42(22-20-40)34-24-33(41-15-3-4-16-41)38-35(39-34)43-17-5-6-18-43;;/h11,13,23-24,28-31H,3-10,12,14-22,25H2,1-2H3;2*1H/t28-,29-,30-,31+,36-,37-;;/m0../s1. The fourth-order valence-corrected chi connectivity index (χ4v) is 10.9. The molecule has 3 aliphatic heterocycles. The van der Waals surface area contributed by atoms with Crippen molar-refractivity contribution in [2.45, 2.75) is 78.1 Å². The molecule has 0 aromatic carbocycles. The number of ketones is 2. The molecule has 10 heteroatoms. The van der Waals surface area contributed by atoms with Gasteiger partial charge < -0.3 is 14.7 Å². The van der Waals surface area contributed by atoms with Crippen molar-refractivity contribution in [3.05, 3.63) is 29.9 Å². The zero-order chi connectivity index (χ0) is 30.8. The summed E-state index contributed by atoms with van der Waals surface area (Å²) in [4.78, 5) is 45.9. The lowest BCUT2D eigenvalue weighted by atomic mass is 9.47. The summed E-state index contributed by atoms with van der Waals surface area (Å²) in [6.07, 6.45) is 17.6. The molecule has 4 heterocycles. The second-order valence-electron chi connectivity index (χ2n) is 15.8. The van der Waals surface area contributed by atoms with Crippen LogP contribution in [0.5, 0.6) is 0 Å². The quantitative estimate of drug-likeness (QED) is 0.354. The van der Waals surface area contributed by atoms with Crippen LogP contribution in [0.2, 0.25) is 0 Å². The molecule has 6 atom stereocenters. The highest BCUT2D eigenvalue weighted by atomic mass is 35.5. The van der Waals surface area contributed by atoms with E-state index >= 15 is 0 Å². The van der Waals surface area contributed by atoms with Gasteiger partial charge in [0.05, 0.1) is 6.54 Å². The monoisotopic (exact) mass is 684 g/mol. The summed E-state index contributed by atoms with van der Waals surface area (Å²) in [5, 5.41) is 0. The zero-order valence-corrected chi connectivity index (χ0v) is 30.0. The third-order valence-electron chi connectivity index (χ3n) is 13.5. The van der Waals surface area contributed by atoms with E-state index in [2.05, 4.69) is 45.6 Å². The van der Waals surface area contributed by atoms with E-state index in [4.69, 9.17) is 9.97 Å². The van der Waals surface area contributed by atoms with Gasteiger partial charge in [-0.3, -0.25) is 14.5 Å². The molecular weight excluding hydrogens is 631 g/mol. The molecule has 6 fully saturated rings. The van der Waals surface area contributed by atoms with Crippen molar-refractivity contribution in [3.63, 3.8) is 0 Å². The molecule has 0 bridgehead atoms. The number of piperazine rings is 1. The number of rotatable bonds is 6. The molecule has 0 radical (unpaired) electrons. The number of carbonyl (C=O) groups excluding carboxylic acids is 2. The Labute approximate surface area is 293 Å². The van der Waals surface area contributed by atoms with Gasteiger partial charge in [-0.25, -0.2) is 0 Å². The SMILES string of the molecule is C[C@]12CC[C@H]3[C@@H](CCC4=CC(=O)C=C[C@@]43C)[C@@H]1CC[C@@H]2C(=O)CN1CCN(c2cc(N3CCCC3)nc(N3CCCC3)n2)CC1.Cl.Cl. The number of hydrogen-bond donors (Lipinski definition) is 0. The first-order valence-corrected chi connectivity index (χ1v) is 18.1. The Balaban J connectivity index is 0.00000193. The van der Waals surface area contributed by atoms with E-state index in [0.29, 0.717) is 30.1 Å². The predicted molar refractivity (Wildman–Crippen MR) is 193 cm³/mol. The van der Waals surface area contributed by atoms with Crippen LogP contribution < -0.4 is 14.7 Å². The maximum atomic E-state index is 14.1. The Morgan fingerprint density at radius 3 is 2.13 bits per heavy atom. The molecule has 0 N–H and O–H groups in total. The summed E-state index contributed by atoms with van der Waals surface area (Å²) in [6, 6.07) is 2.22. The van der Waals surface area contributed by atoms with E-state index in [1.165, 1.54) is 50.5 Å². The molecule has 0 spiro atoms. The number of allylic oxidation sites excluding steroid dienone is 4. The molecule has 3 saturated heterocycles. The van der Waals surface area contributed by atoms with Gasteiger partial charge in [-0.2, -0.15) is 9.97 Å². The second kappa shape index (κ2) is 13.6. The first kappa shape index (κ1) is 34.7. The molecule has 4 aliphatic carbocycles. The number of nitrogens with zero attached hydrogens (tertiary/aromatic N) is 6. The van der Waals surface area contributed by atoms with E-state index in [1.54, 1.807) is 0 Å². The summed E-state index contributed by atoms with van der Waals surface area (Å²) >= 11 is 0. The van der Waals surface area contributed by atoms with E-state index in [9.17, 15) is 9.59 Å². The molecule has 258 valence electrons. The van der Waals surface area contributed by atoms with Crippen molar-refractivity contribution >= 4 is 54.0 Å². The van der Waals surface area contributed by atoms with Gasteiger partial charge >= 0.3 is 0 Å². The lowest BCUT2D eigenvalue weighted by Crippen LogP contribution is -2.52. The van der Waals surface area contributed by atoms with Crippen molar-refractivity contribution in [2.75, 3.05) is 73.6 Å². The fourth-order valence-electron chi connectivity index (χ4n) is 10.9. The maximum Gasteiger partial charge on any atom is 0.229 e. The molecule has 0 amide bonds. The Bertz CT molecular complexity index is 1360. The molecule has 47 heavy (non-hydrogen) atoms. The van der Waals surface area contributed by atoms with E-state index < -0.39 is 0 Å². The van der Waals surface area contributed by atoms with Gasteiger partial charge in [0.15, 0.2) is 5.78 Å². The van der Waals surface area contributed by atoms with Crippen molar-refractivity contribution in [1.82, 2.24) is 14.9 Å². The number of halogens is 2. The minimum atomic E-state index is 0. The highest BCUT2D eigenvalue weighted by molar-refractivity contribution is 6.01. The van der Waals surface area contributed by atoms with Gasteiger partial charge in [0.25, 0.3) is 0 Å². The van der Waals surface area contributed by atoms with Crippen molar-refractivity contribution in [2.24, 2.45) is 34.5 Å². The second-order valence-corrected chi connectivity index (χ2v) is 15.8. The van der Waals surface area contributed by atoms with Gasteiger partial charge in [-0.15, -0.1) is 24.8 Å². The third-order valence-corrected chi connectivity index (χ3v) is 13.5. The van der Waals surface area contributed by atoms with Crippen LogP contribution in [0.4, 0.5) is 17.6 Å². The van der Waals surface area contributed by atoms with Crippen molar-refractivity contribution in [3.8, 4) is 0 Å². The summed E-state index contributed by atoms with van der Waals surface area (Å²) in [5.74, 6) is 5.74. The lowest BCUT2D eigenvalue weighted by Gasteiger charge is -2.57. The Kier molecular flexibility index (Phi) is 10.1. The average Bonchev–Trinajstić information content (AvgIpc) is 3.83. The number of aromatic nitrogens is 2. The molecule has 7 aliphatic rings. The van der Waals surface area contributed by atoms with Gasteiger partial charge in [-0.05, 0) is 99.5 Å². The Hall–Kier alpha value is -2.16. The first-order chi connectivity index (χ1) is 21.8. The van der Waals surface area contributed by atoms with Crippen LogP contribution in [0, 0.1) is 34.5 Å². The van der Waals surface area contributed by atoms with E-state index in [0.717, 1.165) is 89.2 Å².